The van der Waals surface area contributed by atoms with Crippen LogP contribution in [0.4, 0.5) is 5.82 Å². The summed E-state index contributed by atoms with van der Waals surface area (Å²) in [6, 6.07) is 5.33. The van der Waals surface area contributed by atoms with Crippen LogP contribution in [0.5, 0.6) is 5.75 Å². The number of benzene rings is 1. The van der Waals surface area contributed by atoms with Gasteiger partial charge in [-0.15, -0.1) is 0 Å². The predicted octanol–water partition coefficient (Wildman–Crippen LogP) is 3.71. The average Bonchev–Trinajstić information content (AvgIpc) is 2.74. The van der Waals surface area contributed by atoms with Gasteiger partial charge in [-0.25, -0.2) is 0 Å². The van der Waals surface area contributed by atoms with Gasteiger partial charge in [0, 0.05) is 11.1 Å². The van der Waals surface area contributed by atoms with E-state index in [9.17, 15) is 0 Å². The number of hydrogen-bond acceptors (Lipinski definition) is 4. The third-order valence-corrected chi connectivity index (χ3v) is 2.92. The molecule has 18 heavy (non-hydrogen) atoms. The second-order valence-electron chi connectivity index (χ2n) is 4.35. The first-order valence-corrected chi connectivity index (χ1v) is 6.00. The molecule has 0 aliphatic rings. The third kappa shape index (κ3) is 2.29. The standard InChI is InChI=1S/C13H15ClN2O2/c1-7(2)9-4-8(14)5-10(13(9)17-3)11-6-12(15)16-18-11/h4-7H,1-3H3,(H2,15,16). The number of nitrogen functional groups attached to an aromatic ring is 1. The summed E-state index contributed by atoms with van der Waals surface area (Å²) < 4.78 is 10.6. The molecular formula is C13H15ClN2O2. The van der Waals surface area contributed by atoms with E-state index in [0.717, 1.165) is 16.9 Å². The number of nitrogens with zero attached hydrogens (tertiary/aromatic N) is 1. The predicted molar refractivity (Wildman–Crippen MR) is 72.0 cm³/mol. The van der Waals surface area contributed by atoms with Crippen LogP contribution in [-0.2, 0) is 0 Å². The molecule has 0 bridgehead atoms. The number of nitrogens with two attached hydrogens (primary N) is 1. The number of rotatable bonds is 3. The number of anilines is 1. The fourth-order valence-corrected chi connectivity index (χ4v) is 2.10. The topological polar surface area (TPSA) is 61.3 Å². The molecule has 1 aromatic carbocycles. The van der Waals surface area contributed by atoms with Crippen LogP contribution < -0.4 is 10.5 Å². The molecule has 0 spiro atoms. The lowest BCUT2D eigenvalue weighted by atomic mass is 9.98. The molecule has 0 atom stereocenters. The summed E-state index contributed by atoms with van der Waals surface area (Å²) in [6.45, 7) is 4.15. The minimum absolute atomic E-state index is 0.290. The van der Waals surface area contributed by atoms with Gasteiger partial charge in [-0.3, -0.25) is 0 Å². The van der Waals surface area contributed by atoms with Gasteiger partial charge in [0.2, 0.25) is 0 Å². The van der Waals surface area contributed by atoms with Crippen LogP contribution in [0, 0.1) is 0 Å². The highest BCUT2D eigenvalue weighted by atomic mass is 35.5. The lowest BCUT2D eigenvalue weighted by molar-refractivity contribution is 0.401. The highest BCUT2D eigenvalue weighted by Crippen LogP contribution is 2.39. The van der Waals surface area contributed by atoms with Crippen molar-refractivity contribution in [2.45, 2.75) is 19.8 Å². The van der Waals surface area contributed by atoms with Crippen LogP contribution in [0.2, 0.25) is 5.02 Å². The first kappa shape index (κ1) is 12.8. The molecule has 96 valence electrons. The Hall–Kier alpha value is -1.68. The van der Waals surface area contributed by atoms with Crippen molar-refractivity contribution in [3.8, 4) is 17.1 Å². The maximum atomic E-state index is 6.13. The molecule has 1 aromatic heterocycles. The molecule has 2 N–H and O–H groups in total. The molecule has 0 saturated carbocycles. The van der Waals surface area contributed by atoms with Crippen LogP contribution in [0.3, 0.4) is 0 Å². The Morgan fingerprint density at radius 2 is 2.06 bits per heavy atom. The van der Waals surface area contributed by atoms with Crippen molar-refractivity contribution in [3.05, 3.63) is 28.8 Å². The molecule has 0 radical (unpaired) electrons. The van der Waals surface area contributed by atoms with Crippen molar-refractivity contribution < 1.29 is 9.26 Å². The Labute approximate surface area is 111 Å². The maximum Gasteiger partial charge on any atom is 0.172 e. The van der Waals surface area contributed by atoms with Gasteiger partial charge in [0.1, 0.15) is 5.75 Å². The quantitative estimate of drug-likeness (QED) is 0.920. The normalized spacial score (nSPS) is 10.9. The molecule has 0 aliphatic carbocycles. The number of halogens is 1. The van der Waals surface area contributed by atoms with Gasteiger partial charge >= 0.3 is 0 Å². The van der Waals surface area contributed by atoms with Gasteiger partial charge in [0.25, 0.3) is 0 Å². The summed E-state index contributed by atoms with van der Waals surface area (Å²) in [7, 11) is 1.62. The minimum Gasteiger partial charge on any atom is -0.496 e. The van der Waals surface area contributed by atoms with Crippen LogP contribution in [0.1, 0.15) is 25.3 Å². The van der Waals surface area contributed by atoms with Crippen molar-refractivity contribution in [1.29, 1.82) is 0 Å². The van der Waals surface area contributed by atoms with Gasteiger partial charge in [0.15, 0.2) is 11.6 Å². The van der Waals surface area contributed by atoms with Crippen molar-refractivity contribution in [2.24, 2.45) is 0 Å². The molecule has 2 aromatic rings. The lowest BCUT2D eigenvalue weighted by Gasteiger charge is -2.15. The van der Waals surface area contributed by atoms with Crippen molar-refractivity contribution >= 4 is 17.4 Å². The van der Waals surface area contributed by atoms with Crippen molar-refractivity contribution in [1.82, 2.24) is 5.16 Å². The van der Waals surface area contributed by atoms with Gasteiger partial charge in [-0.05, 0) is 23.6 Å². The zero-order valence-electron chi connectivity index (χ0n) is 10.5. The minimum atomic E-state index is 0.290. The first-order valence-electron chi connectivity index (χ1n) is 5.63. The molecule has 0 unspecified atom stereocenters. The maximum absolute atomic E-state index is 6.13. The molecule has 1 heterocycles. The van der Waals surface area contributed by atoms with E-state index in [1.165, 1.54) is 0 Å². The van der Waals surface area contributed by atoms with Crippen LogP contribution in [0.25, 0.3) is 11.3 Å². The molecule has 0 amide bonds. The van der Waals surface area contributed by atoms with E-state index in [1.54, 1.807) is 19.2 Å². The number of hydrogen-bond donors (Lipinski definition) is 1. The number of methoxy groups -OCH3 is 1. The summed E-state index contributed by atoms with van der Waals surface area (Å²) in [5, 5.41) is 4.31. The van der Waals surface area contributed by atoms with E-state index in [2.05, 4.69) is 19.0 Å². The second-order valence-corrected chi connectivity index (χ2v) is 4.78. The molecule has 0 saturated heterocycles. The zero-order chi connectivity index (χ0) is 13.3. The lowest BCUT2D eigenvalue weighted by Crippen LogP contribution is -1.97. The van der Waals surface area contributed by atoms with Crippen LogP contribution in [-0.4, -0.2) is 12.3 Å². The van der Waals surface area contributed by atoms with Crippen LogP contribution >= 0.6 is 11.6 Å². The summed E-state index contributed by atoms with van der Waals surface area (Å²) >= 11 is 6.13. The Balaban J connectivity index is 2.65. The van der Waals surface area contributed by atoms with Gasteiger partial charge in [0.05, 0.1) is 12.7 Å². The Morgan fingerprint density at radius 1 is 1.33 bits per heavy atom. The van der Waals surface area contributed by atoms with E-state index >= 15 is 0 Å². The van der Waals surface area contributed by atoms with Gasteiger partial charge in [-0.2, -0.15) is 0 Å². The third-order valence-electron chi connectivity index (χ3n) is 2.70. The smallest absolute Gasteiger partial charge is 0.172 e. The Morgan fingerprint density at radius 3 is 2.56 bits per heavy atom. The van der Waals surface area contributed by atoms with Crippen LogP contribution in [0.15, 0.2) is 22.7 Å². The van der Waals surface area contributed by atoms with Gasteiger partial charge in [-0.1, -0.05) is 30.6 Å². The summed E-state index contributed by atoms with van der Waals surface area (Å²) in [6.07, 6.45) is 0. The highest BCUT2D eigenvalue weighted by molar-refractivity contribution is 6.31. The zero-order valence-corrected chi connectivity index (χ0v) is 11.3. The SMILES string of the molecule is COc1c(-c2cc(N)no2)cc(Cl)cc1C(C)C. The molecule has 2 rings (SSSR count). The van der Waals surface area contributed by atoms with E-state index in [4.69, 9.17) is 26.6 Å². The summed E-state index contributed by atoms with van der Waals surface area (Å²) in [5.41, 5.74) is 7.35. The molecular weight excluding hydrogens is 252 g/mol. The molecule has 4 nitrogen and oxygen atoms in total. The monoisotopic (exact) mass is 266 g/mol. The largest absolute Gasteiger partial charge is 0.496 e. The number of aromatic nitrogens is 1. The Bertz CT molecular complexity index is 564. The fraction of sp³-hybridized carbons (Fsp3) is 0.308. The highest BCUT2D eigenvalue weighted by Gasteiger charge is 2.18. The molecule has 0 aliphatic heterocycles. The van der Waals surface area contributed by atoms with Crippen molar-refractivity contribution in [3.63, 3.8) is 0 Å². The first-order chi connectivity index (χ1) is 8.52. The fourth-order valence-electron chi connectivity index (χ4n) is 1.87. The summed E-state index contributed by atoms with van der Waals surface area (Å²) in [4.78, 5) is 0. The Kier molecular flexibility index (Phi) is 3.48. The van der Waals surface area contributed by atoms with E-state index in [1.807, 2.05) is 6.07 Å². The van der Waals surface area contributed by atoms with E-state index < -0.39 is 0 Å². The molecule has 0 fully saturated rings. The summed E-state index contributed by atoms with van der Waals surface area (Å²) in [5.74, 6) is 1.91. The van der Waals surface area contributed by atoms with Gasteiger partial charge < -0.3 is 15.0 Å². The van der Waals surface area contributed by atoms with E-state index in [0.29, 0.717) is 16.6 Å². The second kappa shape index (κ2) is 4.90. The van der Waals surface area contributed by atoms with E-state index in [-0.39, 0.29) is 5.92 Å². The number of ether oxygens (including phenoxy) is 1. The average molecular weight is 267 g/mol. The van der Waals surface area contributed by atoms with Crippen molar-refractivity contribution in [2.75, 3.05) is 12.8 Å². The molecule has 5 heteroatoms.